The number of rotatable bonds is 18. The molecule has 26 heavy (non-hydrogen) atoms. The minimum Gasteiger partial charge on any atom is -0.466 e. The molecule has 0 aromatic carbocycles. The second-order valence-corrected chi connectivity index (χ2v) is 6.88. The van der Waals surface area contributed by atoms with Crippen molar-refractivity contribution in [2.24, 2.45) is 0 Å². The van der Waals surface area contributed by atoms with Crippen LogP contribution in [0.1, 0.15) is 97.3 Å². The molecule has 0 rings (SSSR count). The van der Waals surface area contributed by atoms with Crippen molar-refractivity contribution in [3.8, 4) is 0 Å². The Hall–Kier alpha value is -1.10. The molecule has 0 aromatic rings. The summed E-state index contributed by atoms with van der Waals surface area (Å²) in [5.74, 6) is -0.608. The van der Waals surface area contributed by atoms with Gasteiger partial charge in [0.15, 0.2) is 0 Å². The molecule has 0 spiro atoms. The molecule has 5 heteroatoms. The van der Waals surface area contributed by atoms with Gasteiger partial charge in [0.1, 0.15) is 6.10 Å². The molecule has 0 radical (unpaired) electrons. The molecule has 0 heterocycles. The maximum Gasteiger partial charge on any atom is 0.306 e. The topological polar surface area (TPSA) is 61.8 Å². The lowest BCUT2D eigenvalue weighted by atomic mass is 10.1. The number of methoxy groups -OCH3 is 1. The van der Waals surface area contributed by atoms with Gasteiger partial charge in [0.25, 0.3) is 0 Å². The standard InChI is InChI=1S/C21H40O5/c1-4-6-8-10-13-19(14-12-17-24-3)26-21(23)16-15-20(22)25-18-11-9-7-5-2/h19H,4-18H2,1-3H3. The monoisotopic (exact) mass is 372 g/mol. The minimum absolute atomic E-state index is 0.0698. The first-order valence-corrected chi connectivity index (χ1v) is 10.5. The molecule has 0 saturated heterocycles. The van der Waals surface area contributed by atoms with E-state index in [4.69, 9.17) is 14.2 Å². The van der Waals surface area contributed by atoms with Crippen molar-refractivity contribution in [3.05, 3.63) is 0 Å². The van der Waals surface area contributed by atoms with Gasteiger partial charge in [-0.2, -0.15) is 0 Å². The largest absolute Gasteiger partial charge is 0.466 e. The molecule has 0 saturated carbocycles. The smallest absolute Gasteiger partial charge is 0.306 e. The molecular weight excluding hydrogens is 332 g/mol. The van der Waals surface area contributed by atoms with Crippen LogP contribution in [0.2, 0.25) is 0 Å². The first-order chi connectivity index (χ1) is 12.6. The van der Waals surface area contributed by atoms with Crippen molar-refractivity contribution in [1.82, 2.24) is 0 Å². The normalized spacial score (nSPS) is 12.0. The summed E-state index contributed by atoms with van der Waals surface area (Å²) in [6.07, 6.45) is 11.6. The lowest BCUT2D eigenvalue weighted by Crippen LogP contribution is -2.20. The molecule has 0 aliphatic carbocycles. The maximum atomic E-state index is 12.0. The van der Waals surface area contributed by atoms with Gasteiger partial charge < -0.3 is 14.2 Å². The first-order valence-electron chi connectivity index (χ1n) is 10.5. The minimum atomic E-state index is -0.308. The van der Waals surface area contributed by atoms with E-state index in [9.17, 15) is 9.59 Å². The molecule has 1 unspecified atom stereocenters. The third kappa shape index (κ3) is 16.4. The summed E-state index contributed by atoms with van der Waals surface area (Å²) in [5.41, 5.74) is 0. The molecule has 154 valence electrons. The third-order valence-electron chi connectivity index (χ3n) is 4.35. The van der Waals surface area contributed by atoms with Crippen molar-refractivity contribution < 1.29 is 23.8 Å². The summed E-state index contributed by atoms with van der Waals surface area (Å²) in [6, 6.07) is 0. The van der Waals surface area contributed by atoms with Crippen LogP contribution in [-0.4, -0.2) is 38.4 Å². The third-order valence-corrected chi connectivity index (χ3v) is 4.35. The number of ether oxygens (including phenoxy) is 3. The van der Waals surface area contributed by atoms with Crippen LogP contribution in [-0.2, 0) is 23.8 Å². The van der Waals surface area contributed by atoms with Gasteiger partial charge in [-0.15, -0.1) is 0 Å². The fourth-order valence-electron chi connectivity index (χ4n) is 2.75. The van der Waals surface area contributed by atoms with Crippen LogP contribution in [0.4, 0.5) is 0 Å². The molecular formula is C21H40O5. The van der Waals surface area contributed by atoms with Crippen LogP contribution in [0, 0.1) is 0 Å². The maximum absolute atomic E-state index is 12.0. The number of carbonyl (C=O) groups is 2. The molecule has 5 nitrogen and oxygen atoms in total. The summed E-state index contributed by atoms with van der Waals surface area (Å²) >= 11 is 0. The zero-order valence-corrected chi connectivity index (χ0v) is 17.2. The zero-order valence-electron chi connectivity index (χ0n) is 17.2. The average Bonchev–Trinajstić information content (AvgIpc) is 2.63. The lowest BCUT2D eigenvalue weighted by Gasteiger charge is -2.18. The van der Waals surface area contributed by atoms with Crippen molar-refractivity contribution in [3.63, 3.8) is 0 Å². The van der Waals surface area contributed by atoms with E-state index in [-0.39, 0.29) is 30.9 Å². The van der Waals surface area contributed by atoms with Gasteiger partial charge in [0.05, 0.1) is 19.4 Å². The molecule has 0 aromatic heterocycles. The van der Waals surface area contributed by atoms with E-state index in [1.807, 2.05) is 0 Å². The van der Waals surface area contributed by atoms with Crippen LogP contribution in [0.5, 0.6) is 0 Å². The molecule has 0 bridgehead atoms. The van der Waals surface area contributed by atoms with E-state index in [0.29, 0.717) is 13.2 Å². The van der Waals surface area contributed by atoms with Crippen molar-refractivity contribution in [2.75, 3.05) is 20.3 Å². The van der Waals surface area contributed by atoms with Gasteiger partial charge in [0, 0.05) is 13.7 Å². The van der Waals surface area contributed by atoms with Crippen molar-refractivity contribution in [1.29, 1.82) is 0 Å². The van der Waals surface area contributed by atoms with Crippen LogP contribution < -0.4 is 0 Å². The highest BCUT2D eigenvalue weighted by Crippen LogP contribution is 2.14. The quantitative estimate of drug-likeness (QED) is 0.244. The Morgan fingerprint density at radius 2 is 1.35 bits per heavy atom. The van der Waals surface area contributed by atoms with Crippen molar-refractivity contribution >= 4 is 11.9 Å². The molecule has 0 N–H and O–H groups in total. The predicted octanol–water partition coefficient (Wildman–Crippen LogP) is 5.20. The summed E-state index contributed by atoms with van der Waals surface area (Å²) in [6.45, 7) is 5.45. The summed E-state index contributed by atoms with van der Waals surface area (Å²) in [7, 11) is 1.68. The van der Waals surface area contributed by atoms with Crippen LogP contribution >= 0.6 is 0 Å². The highest BCUT2D eigenvalue weighted by Gasteiger charge is 2.16. The number of hydrogen-bond donors (Lipinski definition) is 0. The summed E-state index contributed by atoms with van der Waals surface area (Å²) in [5, 5.41) is 0. The Labute approximate surface area is 160 Å². The van der Waals surface area contributed by atoms with Gasteiger partial charge in [0.2, 0.25) is 0 Å². The number of esters is 2. The second kappa shape index (κ2) is 18.7. The molecule has 1 atom stereocenters. The summed E-state index contributed by atoms with van der Waals surface area (Å²) < 4.78 is 15.8. The number of unbranched alkanes of at least 4 members (excludes halogenated alkanes) is 6. The Kier molecular flexibility index (Phi) is 17.9. The summed E-state index contributed by atoms with van der Waals surface area (Å²) in [4.78, 5) is 23.7. The van der Waals surface area contributed by atoms with Gasteiger partial charge in [-0.3, -0.25) is 9.59 Å². The highest BCUT2D eigenvalue weighted by atomic mass is 16.5. The zero-order chi connectivity index (χ0) is 19.5. The molecule has 0 aliphatic heterocycles. The van der Waals surface area contributed by atoms with E-state index in [0.717, 1.165) is 51.4 Å². The van der Waals surface area contributed by atoms with E-state index < -0.39 is 0 Å². The lowest BCUT2D eigenvalue weighted by molar-refractivity contribution is -0.154. The average molecular weight is 373 g/mol. The molecule has 0 fully saturated rings. The van der Waals surface area contributed by atoms with Gasteiger partial charge in [-0.25, -0.2) is 0 Å². The Balaban J connectivity index is 3.98. The fraction of sp³-hybridized carbons (Fsp3) is 0.905. The van der Waals surface area contributed by atoms with Crippen LogP contribution in [0.3, 0.4) is 0 Å². The number of carbonyl (C=O) groups excluding carboxylic acids is 2. The van der Waals surface area contributed by atoms with E-state index in [1.165, 1.54) is 19.3 Å². The van der Waals surface area contributed by atoms with Crippen LogP contribution in [0.25, 0.3) is 0 Å². The van der Waals surface area contributed by atoms with Gasteiger partial charge in [-0.05, 0) is 32.1 Å². The SMILES string of the molecule is CCCCCCOC(=O)CCC(=O)OC(CCCCCC)CCCOC. The van der Waals surface area contributed by atoms with Gasteiger partial charge >= 0.3 is 11.9 Å². The fourth-order valence-corrected chi connectivity index (χ4v) is 2.75. The highest BCUT2D eigenvalue weighted by molar-refractivity contribution is 5.77. The van der Waals surface area contributed by atoms with Crippen molar-refractivity contribution in [2.45, 2.75) is 103 Å². The van der Waals surface area contributed by atoms with E-state index in [2.05, 4.69) is 13.8 Å². The Morgan fingerprint density at radius 1 is 0.731 bits per heavy atom. The predicted molar refractivity (Wildman–Crippen MR) is 104 cm³/mol. The van der Waals surface area contributed by atoms with E-state index in [1.54, 1.807) is 7.11 Å². The molecule has 0 aliphatic rings. The Morgan fingerprint density at radius 3 is 2.00 bits per heavy atom. The Bertz CT molecular complexity index is 343. The van der Waals surface area contributed by atoms with Gasteiger partial charge in [-0.1, -0.05) is 52.4 Å². The first kappa shape index (κ1) is 24.9. The van der Waals surface area contributed by atoms with Crippen LogP contribution in [0.15, 0.2) is 0 Å². The van der Waals surface area contributed by atoms with E-state index >= 15 is 0 Å². The number of hydrogen-bond acceptors (Lipinski definition) is 5. The second-order valence-electron chi connectivity index (χ2n) is 6.88. The molecule has 0 amide bonds.